The predicted octanol–water partition coefficient (Wildman–Crippen LogP) is 3.45. The summed E-state index contributed by atoms with van der Waals surface area (Å²) in [6.07, 6.45) is 5.98. The summed E-state index contributed by atoms with van der Waals surface area (Å²) in [6.45, 7) is 8.25. The van der Waals surface area contributed by atoms with E-state index in [1.807, 2.05) is 19.1 Å². The third-order valence-corrected chi connectivity index (χ3v) is 1.81. The third-order valence-electron chi connectivity index (χ3n) is 1.81. The maximum Gasteiger partial charge on any atom is 0.114 e. The lowest BCUT2D eigenvalue weighted by molar-refractivity contribution is 0.306. The Labute approximate surface area is 75.4 Å². The van der Waals surface area contributed by atoms with E-state index in [0.29, 0.717) is 0 Å². The molecule has 0 N–H and O–H groups in total. The molecule has 0 aromatic heterocycles. The molecular weight excluding hydrogens is 148 g/mol. The number of rotatable bonds is 3. The molecule has 0 spiro atoms. The molecule has 0 rings (SSSR count). The van der Waals surface area contributed by atoms with Gasteiger partial charge in [0.15, 0.2) is 0 Å². The Kier molecular flexibility index (Phi) is 5.18. The normalized spacial score (nSPS) is 11.9. The molecule has 0 amide bonds. The second-order valence-electron chi connectivity index (χ2n) is 2.91. The Bertz CT molecular complexity index is 215. The largest absolute Gasteiger partial charge is 0.497 e. The van der Waals surface area contributed by atoms with Gasteiger partial charge >= 0.3 is 0 Å². The summed E-state index contributed by atoms with van der Waals surface area (Å²) in [5, 5.41) is 0. The zero-order chi connectivity index (χ0) is 9.56. The van der Waals surface area contributed by atoms with Crippen LogP contribution < -0.4 is 0 Å². The van der Waals surface area contributed by atoms with Crippen LogP contribution in [0.2, 0.25) is 0 Å². The van der Waals surface area contributed by atoms with Crippen LogP contribution >= 0.6 is 0 Å². The van der Waals surface area contributed by atoms with Gasteiger partial charge in [-0.3, -0.25) is 0 Å². The van der Waals surface area contributed by atoms with Crippen molar-refractivity contribution in [3.63, 3.8) is 0 Å². The van der Waals surface area contributed by atoms with Crippen LogP contribution in [0.1, 0.15) is 27.7 Å². The number of methoxy groups -OCH3 is 1. The van der Waals surface area contributed by atoms with Gasteiger partial charge in [0, 0.05) is 0 Å². The van der Waals surface area contributed by atoms with Crippen molar-refractivity contribution < 1.29 is 4.74 Å². The zero-order valence-electron chi connectivity index (χ0n) is 8.64. The van der Waals surface area contributed by atoms with Crippen molar-refractivity contribution in [2.45, 2.75) is 27.7 Å². The van der Waals surface area contributed by atoms with Gasteiger partial charge in [0.1, 0.15) is 5.76 Å². The minimum atomic E-state index is 0.899. The fraction of sp³-hybridized carbons (Fsp3) is 0.455. The highest BCUT2D eigenvalue weighted by atomic mass is 16.5. The Balaban J connectivity index is 4.35. The van der Waals surface area contributed by atoms with E-state index < -0.39 is 0 Å². The van der Waals surface area contributed by atoms with E-state index in [0.717, 1.165) is 5.76 Å². The molecule has 68 valence electrons. The van der Waals surface area contributed by atoms with Crippen LogP contribution in [-0.4, -0.2) is 7.11 Å². The van der Waals surface area contributed by atoms with Crippen molar-refractivity contribution in [2.75, 3.05) is 7.11 Å². The first-order chi connectivity index (χ1) is 5.61. The highest BCUT2D eigenvalue weighted by Gasteiger charge is 1.87. The highest BCUT2D eigenvalue weighted by molar-refractivity contribution is 5.26. The second kappa shape index (κ2) is 5.64. The standard InChI is InChI=1S/C11H18O/c1-6-11(12-5)8-7-10(4)9(2)3/h6-8H,1-5H3/b8-7-,11-6+. The molecule has 0 heterocycles. The molecule has 0 bridgehead atoms. The molecular formula is C11H18O. The molecule has 0 saturated carbocycles. The van der Waals surface area contributed by atoms with Crippen LogP contribution in [-0.2, 0) is 4.74 Å². The minimum absolute atomic E-state index is 0.899. The van der Waals surface area contributed by atoms with E-state index in [2.05, 4.69) is 26.8 Å². The van der Waals surface area contributed by atoms with Gasteiger partial charge in [-0.2, -0.15) is 0 Å². The molecule has 0 atom stereocenters. The van der Waals surface area contributed by atoms with Crippen molar-refractivity contribution >= 4 is 0 Å². The molecule has 1 nitrogen and oxygen atoms in total. The van der Waals surface area contributed by atoms with E-state index in [-0.39, 0.29) is 0 Å². The summed E-state index contributed by atoms with van der Waals surface area (Å²) in [5.41, 5.74) is 2.62. The van der Waals surface area contributed by atoms with Crippen molar-refractivity contribution in [2.24, 2.45) is 0 Å². The predicted molar refractivity (Wildman–Crippen MR) is 54.0 cm³/mol. The Morgan fingerprint density at radius 3 is 2.00 bits per heavy atom. The smallest absolute Gasteiger partial charge is 0.114 e. The summed E-state index contributed by atoms with van der Waals surface area (Å²) >= 11 is 0. The van der Waals surface area contributed by atoms with E-state index in [1.165, 1.54) is 11.1 Å². The van der Waals surface area contributed by atoms with E-state index in [4.69, 9.17) is 4.74 Å². The van der Waals surface area contributed by atoms with Crippen molar-refractivity contribution in [1.29, 1.82) is 0 Å². The van der Waals surface area contributed by atoms with Crippen LogP contribution in [0, 0.1) is 0 Å². The summed E-state index contributed by atoms with van der Waals surface area (Å²) in [6, 6.07) is 0. The van der Waals surface area contributed by atoms with Crippen LogP contribution in [0.15, 0.2) is 35.1 Å². The highest BCUT2D eigenvalue weighted by Crippen LogP contribution is 2.06. The SMILES string of the molecule is C/C=C(\C=C/C(C)=C(C)C)OC. The maximum absolute atomic E-state index is 5.08. The van der Waals surface area contributed by atoms with Gasteiger partial charge in [-0.25, -0.2) is 0 Å². The molecule has 0 radical (unpaired) electrons. The first kappa shape index (κ1) is 11.0. The van der Waals surface area contributed by atoms with Gasteiger partial charge in [0.25, 0.3) is 0 Å². The molecule has 0 aliphatic rings. The Hall–Kier alpha value is -0.980. The van der Waals surface area contributed by atoms with E-state index >= 15 is 0 Å². The van der Waals surface area contributed by atoms with Gasteiger partial charge in [-0.15, -0.1) is 0 Å². The van der Waals surface area contributed by atoms with Crippen LogP contribution in [0.4, 0.5) is 0 Å². The minimum Gasteiger partial charge on any atom is -0.497 e. The number of allylic oxidation sites excluding steroid dienone is 5. The maximum atomic E-state index is 5.08. The fourth-order valence-corrected chi connectivity index (χ4v) is 0.656. The van der Waals surface area contributed by atoms with Crippen LogP contribution in [0.5, 0.6) is 0 Å². The van der Waals surface area contributed by atoms with Crippen molar-refractivity contribution in [1.82, 2.24) is 0 Å². The molecule has 0 aromatic carbocycles. The molecule has 12 heavy (non-hydrogen) atoms. The fourth-order valence-electron chi connectivity index (χ4n) is 0.656. The number of ether oxygens (including phenoxy) is 1. The summed E-state index contributed by atoms with van der Waals surface area (Å²) in [7, 11) is 1.68. The molecule has 0 aliphatic carbocycles. The average Bonchev–Trinajstić information content (AvgIpc) is 2.05. The van der Waals surface area contributed by atoms with Crippen molar-refractivity contribution in [3.05, 3.63) is 35.1 Å². The third kappa shape index (κ3) is 4.02. The monoisotopic (exact) mass is 166 g/mol. The number of hydrogen-bond acceptors (Lipinski definition) is 1. The van der Waals surface area contributed by atoms with Gasteiger partial charge < -0.3 is 4.74 Å². The lowest BCUT2D eigenvalue weighted by atomic mass is 10.1. The lowest BCUT2D eigenvalue weighted by Gasteiger charge is -1.99. The summed E-state index contributed by atoms with van der Waals surface area (Å²) in [5.74, 6) is 0.899. The molecule has 0 aromatic rings. The van der Waals surface area contributed by atoms with E-state index in [1.54, 1.807) is 7.11 Å². The van der Waals surface area contributed by atoms with Crippen LogP contribution in [0.3, 0.4) is 0 Å². The van der Waals surface area contributed by atoms with Crippen molar-refractivity contribution in [3.8, 4) is 0 Å². The molecule has 1 heteroatoms. The lowest BCUT2D eigenvalue weighted by Crippen LogP contribution is -1.81. The van der Waals surface area contributed by atoms with E-state index in [9.17, 15) is 0 Å². The van der Waals surface area contributed by atoms with Gasteiger partial charge in [-0.1, -0.05) is 17.2 Å². The first-order valence-corrected chi connectivity index (χ1v) is 4.14. The van der Waals surface area contributed by atoms with Crippen LogP contribution in [0.25, 0.3) is 0 Å². The quantitative estimate of drug-likeness (QED) is 0.461. The Morgan fingerprint density at radius 1 is 1.08 bits per heavy atom. The summed E-state index contributed by atoms with van der Waals surface area (Å²) in [4.78, 5) is 0. The molecule has 0 fully saturated rings. The first-order valence-electron chi connectivity index (χ1n) is 4.14. The molecule has 0 aliphatic heterocycles. The molecule has 0 saturated heterocycles. The number of hydrogen-bond donors (Lipinski definition) is 0. The zero-order valence-corrected chi connectivity index (χ0v) is 8.64. The van der Waals surface area contributed by atoms with Gasteiger partial charge in [0.2, 0.25) is 0 Å². The average molecular weight is 166 g/mol. The Morgan fingerprint density at radius 2 is 1.67 bits per heavy atom. The molecule has 0 unspecified atom stereocenters. The van der Waals surface area contributed by atoms with Gasteiger partial charge in [0.05, 0.1) is 7.11 Å². The van der Waals surface area contributed by atoms with Gasteiger partial charge in [-0.05, 0) is 39.8 Å². The topological polar surface area (TPSA) is 9.23 Å². The second-order valence-corrected chi connectivity index (χ2v) is 2.91. The summed E-state index contributed by atoms with van der Waals surface area (Å²) < 4.78 is 5.08.